The number of esters is 1. The Balaban J connectivity index is 2.69. The molecule has 0 heterocycles. The first-order chi connectivity index (χ1) is 8.17. The van der Waals surface area contributed by atoms with Crippen LogP contribution in [-0.2, 0) is 16.1 Å². The number of ether oxygens (including phenoxy) is 1. The molecule has 0 aromatic heterocycles. The predicted octanol–water partition coefficient (Wildman–Crippen LogP) is 1.62. The van der Waals surface area contributed by atoms with E-state index in [0.29, 0.717) is 12.2 Å². The minimum Gasteiger partial charge on any atom is -0.465 e. The zero-order valence-electron chi connectivity index (χ0n) is 9.50. The van der Waals surface area contributed by atoms with Gasteiger partial charge in [-0.3, -0.25) is 4.79 Å². The van der Waals surface area contributed by atoms with Crippen molar-refractivity contribution in [2.24, 2.45) is 0 Å². The van der Waals surface area contributed by atoms with Gasteiger partial charge in [0.2, 0.25) is 0 Å². The average molecular weight is 236 g/mol. The van der Waals surface area contributed by atoms with Gasteiger partial charge in [-0.25, -0.2) is 4.39 Å². The Morgan fingerprint density at radius 2 is 2.29 bits per heavy atom. The van der Waals surface area contributed by atoms with Crippen LogP contribution in [0.5, 0.6) is 0 Å². The molecule has 0 bridgehead atoms. The van der Waals surface area contributed by atoms with E-state index in [1.54, 1.807) is 13.0 Å². The Labute approximate surface area is 99.2 Å². The lowest BCUT2D eigenvalue weighted by Crippen LogP contribution is -2.01. The fourth-order valence-corrected chi connectivity index (χ4v) is 1.18. The first-order valence-corrected chi connectivity index (χ1v) is 5.21. The van der Waals surface area contributed by atoms with Gasteiger partial charge in [-0.05, 0) is 24.6 Å². The fourth-order valence-electron chi connectivity index (χ4n) is 1.18. The van der Waals surface area contributed by atoms with Crippen molar-refractivity contribution in [2.45, 2.75) is 20.0 Å². The normalized spacial score (nSPS) is 9.35. The lowest BCUT2D eigenvalue weighted by molar-refractivity contribution is -0.141. The molecule has 0 aliphatic heterocycles. The number of aliphatic hydroxyl groups is 1. The number of hydrogen-bond acceptors (Lipinski definition) is 3. The summed E-state index contributed by atoms with van der Waals surface area (Å²) in [6.07, 6.45) is -0.0605. The molecule has 0 saturated heterocycles. The number of hydrogen-bond donors (Lipinski definition) is 1. The molecular weight excluding hydrogens is 223 g/mol. The quantitative estimate of drug-likeness (QED) is 0.640. The third-order valence-corrected chi connectivity index (χ3v) is 1.98. The van der Waals surface area contributed by atoms with Crippen LogP contribution in [0.2, 0.25) is 0 Å². The van der Waals surface area contributed by atoms with Gasteiger partial charge in [0.05, 0.1) is 18.8 Å². The van der Waals surface area contributed by atoms with Crippen LogP contribution in [0.4, 0.5) is 4.39 Å². The van der Waals surface area contributed by atoms with Crippen molar-refractivity contribution < 1.29 is 19.0 Å². The van der Waals surface area contributed by atoms with E-state index < -0.39 is 11.8 Å². The molecule has 0 aliphatic rings. The molecule has 4 heteroatoms. The molecule has 3 nitrogen and oxygen atoms in total. The SMILES string of the molecule is CCOC(=O)CC#Cc1ccc(CO)cc1F. The Bertz CT molecular complexity index is 457. The van der Waals surface area contributed by atoms with Crippen molar-refractivity contribution in [2.75, 3.05) is 6.61 Å². The fraction of sp³-hybridized carbons (Fsp3) is 0.308. The summed E-state index contributed by atoms with van der Waals surface area (Å²) in [6, 6.07) is 4.27. The van der Waals surface area contributed by atoms with Crippen LogP contribution in [0.1, 0.15) is 24.5 Å². The zero-order chi connectivity index (χ0) is 12.7. The molecule has 0 spiro atoms. The van der Waals surface area contributed by atoms with Gasteiger partial charge < -0.3 is 9.84 Å². The number of benzene rings is 1. The lowest BCUT2D eigenvalue weighted by atomic mass is 10.1. The number of carbonyl (C=O) groups excluding carboxylic acids is 1. The van der Waals surface area contributed by atoms with E-state index in [-0.39, 0.29) is 18.6 Å². The molecule has 0 atom stereocenters. The summed E-state index contributed by atoms with van der Waals surface area (Å²) < 4.78 is 18.1. The summed E-state index contributed by atoms with van der Waals surface area (Å²) >= 11 is 0. The molecule has 0 radical (unpaired) electrons. The average Bonchev–Trinajstić information content (AvgIpc) is 2.31. The van der Waals surface area contributed by atoms with E-state index in [4.69, 9.17) is 5.11 Å². The second-order valence-electron chi connectivity index (χ2n) is 3.26. The van der Waals surface area contributed by atoms with Crippen LogP contribution < -0.4 is 0 Å². The maximum atomic E-state index is 13.4. The van der Waals surface area contributed by atoms with E-state index in [2.05, 4.69) is 16.6 Å². The molecule has 17 heavy (non-hydrogen) atoms. The molecule has 0 aliphatic carbocycles. The van der Waals surface area contributed by atoms with Crippen LogP contribution >= 0.6 is 0 Å². The predicted molar refractivity (Wildman–Crippen MR) is 60.5 cm³/mol. The number of rotatable bonds is 3. The number of carbonyl (C=O) groups is 1. The molecule has 1 aromatic rings. The van der Waals surface area contributed by atoms with Gasteiger partial charge in [0.25, 0.3) is 0 Å². The first kappa shape index (κ1) is 13.2. The van der Waals surface area contributed by atoms with Crippen LogP contribution in [0, 0.1) is 17.7 Å². The highest BCUT2D eigenvalue weighted by molar-refractivity contribution is 5.72. The number of aliphatic hydroxyl groups excluding tert-OH is 1. The highest BCUT2D eigenvalue weighted by atomic mass is 19.1. The molecular formula is C13H13FO3. The lowest BCUT2D eigenvalue weighted by Gasteiger charge is -1.98. The summed E-state index contributed by atoms with van der Waals surface area (Å²) in [5.74, 6) is 4.15. The van der Waals surface area contributed by atoms with Gasteiger partial charge in [0, 0.05) is 0 Å². The molecule has 0 unspecified atom stereocenters. The molecule has 1 N–H and O–H groups in total. The van der Waals surface area contributed by atoms with E-state index in [0.717, 1.165) is 0 Å². The van der Waals surface area contributed by atoms with Crippen molar-refractivity contribution in [1.29, 1.82) is 0 Å². The van der Waals surface area contributed by atoms with Gasteiger partial charge in [-0.15, -0.1) is 0 Å². The third kappa shape index (κ3) is 4.25. The number of halogens is 1. The Hall–Kier alpha value is -1.86. The van der Waals surface area contributed by atoms with Gasteiger partial charge in [-0.2, -0.15) is 0 Å². The van der Waals surface area contributed by atoms with Crippen LogP contribution in [0.25, 0.3) is 0 Å². The topological polar surface area (TPSA) is 46.5 Å². The maximum absolute atomic E-state index is 13.4. The molecule has 90 valence electrons. The largest absolute Gasteiger partial charge is 0.465 e. The minimum absolute atomic E-state index is 0.0605. The van der Waals surface area contributed by atoms with E-state index in [1.807, 2.05) is 0 Å². The van der Waals surface area contributed by atoms with Gasteiger partial charge in [0.15, 0.2) is 0 Å². The van der Waals surface area contributed by atoms with Crippen molar-refractivity contribution in [3.63, 3.8) is 0 Å². The summed E-state index contributed by atoms with van der Waals surface area (Å²) in [5.41, 5.74) is 0.685. The standard InChI is InChI=1S/C13H13FO3/c1-2-17-13(16)5-3-4-11-7-6-10(9-15)8-12(11)14/h6-8,15H,2,5,9H2,1H3. The Kier molecular flexibility index (Phi) is 5.18. The summed E-state index contributed by atoms with van der Waals surface area (Å²) in [6.45, 7) is 1.80. The van der Waals surface area contributed by atoms with Crippen molar-refractivity contribution in [3.8, 4) is 11.8 Å². The van der Waals surface area contributed by atoms with Crippen molar-refractivity contribution in [1.82, 2.24) is 0 Å². The molecule has 0 amide bonds. The van der Waals surface area contributed by atoms with Gasteiger partial charge in [0.1, 0.15) is 12.2 Å². The Morgan fingerprint density at radius 1 is 1.53 bits per heavy atom. The zero-order valence-corrected chi connectivity index (χ0v) is 9.50. The van der Waals surface area contributed by atoms with E-state index in [9.17, 15) is 9.18 Å². The summed E-state index contributed by atoms with van der Waals surface area (Å²) in [5, 5.41) is 8.80. The van der Waals surface area contributed by atoms with Crippen LogP contribution in [0.15, 0.2) is 18.2 Å². The Morgan fingerprint density at radius 3 is 2.88 bits per heavy atom. The second-order valence-corrected chi connectivity index (χ2v) is 3.26. The van der Waals surface area contributed by atoms with Crippen molar-refractivity contribution >= 4 is 5.97 Å². The minimum atomic E-state index is -0.507. The monoisotopic (exact) mass is 236 g/mol. The third-order valence-electron chi connectivity index (χ3n) is 1.98. The van der Waals surface area contributed by atoms with Crippen LogP contribution in [-0.4, -0.2) is 17.7 Å². The smallest absolute Gasteiger partial charge is 0.317 e. The highest BCUT2D eigenvalue weighted by Crippen LogP contribution is 2.09. The van der Waals surface area contributed by atoms with Crippen molar-refractivity contribution in [3.05, 3.63) is 35.1 Å². The molecule has 0 saturated carbocycles. The second kappa shape index (κ2) is 6.66. The van der Waals surface area contributed by atoms with Crippen LogP contribution in [0.3, 0.4) is 0 Å². The summed E-state index contributed by atoms with van der Waals surface area (Å²) in [7, 11) is 0. The molecule has 1 aromatic carbocycles. The van der Waals surface area contributed by atoms with Gasteiger partial charge in [-0.1, -0.05) is 17.9 Å². The molecule has 1 rings (SSSR count). The highest BCUT2D eigenvalue weighted by Gasteiger charge is 2.01. The van der Waals surface area contributed by atoms with E-state index >= 15 is 0 Å². The molecule has 0 fully saturated rings. The van der Waals surface area contributed by atoms with Gasteiger partial charge >= 0.3 is 5.97 Å². The first-order valence-electron chi connectivity index (χ1n) is 5.21. The maximum Gasteiger partial charge on any atom is 0.317 e. The van der Waals surface area contributed by atoms with E-state index in [1.165, 1.54) is 12.1 Å². The summed E-state index contributed by atoms with van der Waals surface area (Å²) in [4.78, 5) is 11.0.